The first-order chi connectivity index (χ1) is 12.9. The fraction of sp³-hybridized carbons (Fsp3) is 0.263. The van der Waals surface area contributed by atoms with Gasteiger partial charge < -0.3 is 20.1 Å². The van der Waals surface area contributed by atoms with Gasteiger partial charge in [0, 0.05) is 31.6 Å². The van der Waals surface area contributed by atoms with Crippen molar-refractivity contribution in [3.63, 3.8) is 0 Å². The molecule has 0 aliphatic heterocycles. The molecule has 0 spiro atoms. The molecule has 0 unspecified atom stereocenters. The number of methoxy groups -OCH3 is 2. The van der Waals surface area contributed by atoms with Crippen LogP contribution in [-0.4, -0.2) is 32.6 Å². The Morgan fingerprint density at radius 1 is 0.963 bits per heavy atom. The zero-order valence-corrected chi connectivity index (χ0v) is 15.0. The number of rotatable bonds is 8. The smallest absolute Gasteiger partial charge is 0.254 e. The summed E-state index contributed by atoms with van der Waals surface area (Å²) in [6.45, 7) is 0.274. The van der Waals surface area contributed by atoms with Gasteiger partial charge in [0.2, 0.25) is 5.91 Å². The molecule has 0 saturated carbocycles. The molecule has 2 N–H and O–H groups in total. The Bertz CT molecular complexity index is 805. The maximum atomic E-state index is 13.5. The van der Waals surface area contributed by atoms with E-state index in [0.717, 1.165) is 17.7 Å². The monoisotopic (exact) mass is 378 g/mol. The van der Waals surface area contributed by atoms with Crippen LogP contribution in [-0.2, 0) is 11.3 Å². The largest absolute Gasteiger partial charge is 0.497 e. The summed E-state index contributed by atoms with van der Waals surface area (Å²) in [4.78, 5) is 23.8. The van der Waals surface area contributed by atoms with Crippen LogP contribution < -0.4 is 20.1 Å². The first-order valence-electron chi connectivity index (χ1n) is 8.15. The lowest BCUT2D eigenvalue weighted by Crippen LogP contribution is -2.31. The highest BCUT2D eigenvalue weighted by atomic mass is 19.1. The molecule has 2 rings (SSSR count). The van der Waals surface area contributed by atoms with E-state index in [-0.39, 0.29) is 31.0 Å². The van der Waals surface area contributed by atoms with E-state index in [9.17, 15) is 18.4 Å². The summed E-state index contributed by atoms with van der Waals surface area (Å²) in [6, 6.07) is 7.92. The number of halogens is 2. The third-order valence-electron chi connectivity index (χ3n) is 3.71. The molecule has 2 aromatic carbocycles. The molecule has 27 heavy (non-hydrogen) atoms. The van der Waals surface area contributed by atoms with Crippen LogP contribution in [0.2, 0.25) is 0 Å². The predicted molar refractivity (Wildman–Crippen MR) is 94.7 cm³/mol. The SMILES string of the molecule is COc1cc(CNC(=O)CCNC(=O)c2ccc(F)cc2F)cc(OC)c1. The van der Waals surface area contributed by atoms with Crippen molar-refractivity contribution in [2.45, 2.75) is 13.0 Å². The van der Waals surface area contributed by atoms with Crippen molar-refractivity contribution in [3.05, 3.63) is 59.2 Å². The molecule has 2 amide bonds. The molecule has 8 heteroatoms. The van der Waals surface area contributed by atoms with Gasteiger partial charge in [0.05, 0.1) is 19.8 Å². The summed E-state index contributed by atoms with van der Waals surface area (Å²) in [7, 11) is 3.06. The highest BCUT2D eigenvalue weighted by molar-refractivity contribution is 5.94. The van der Waals surface area contributed by atoms with Gasteiger partial charge in [-0.25, -0.2) is 8.78 Å². The second kappa shape index (κ2) is 9.51. The van der Waals surface area contributed by atoms with Gasteiger partial charge >= 0.3 is 0 Å². The molecular formula is C19H20F2N2O4. The number of amides is 2. The average Bonchev–Trinajstić information content (AvgIpc) is 2.65. The van der Waals surface area contributed by atoms with Crippen LogP contribution in [0.25, 0.3) is 0 Å². The van der Waals surface area contributed by atoms with E-state index < -0.39 is 17.5 Å². The van der Waals surface area contributed by atoms with E-state index in [2.05, 4.69) is 10.6 Å². The van der Waals surface area contributed by atoms with Gasteiger partial charge in [0.1, 0.15) is 23.1 Å². The van der Waals surface area contributed by atoms with E-state index in [1.165, 1.54) is 14.2 Å². The van der Waals surface area contributed by atoms with Gasteiger partial charge in [0.25, 0.3) is 5.91 Å². The molecule has 0 aromatic heterocycles. The highest BCUT2D eigenvalue weighted by Crippen LogP contribution is 2.22. The molecule has 2 aromatic rings. The van der Waals surface area contributed by atoms with E-state index in [1.807, 2.05) is 0 Å². The standard InChI is InChI=1S/C19H20F2N2O4/c1-26-14-7-12(8-15(10-14)27-2)11-23-18(24)5-6-22-19(25)16-4-3-13(20)9-17(16)21/h3-4,7-10H,5-6,11H2,1-2H3,(H,22,25)(H,23,24). The first-order valence-corrected chi connectivity index (χ1v) is 8.15. The Morgan fingerprint density at radius 2 is 1.63 bits per heavy atom. The van der Waals surface area contributed by atoms with Crippen LogP contribution in [0.3, 0.4) is 0 Å². The van der Waals surface area contributed by atoms with Gasteiger partial charge in [0.15, 0.2) is 0 Å². The minimum atomic E-state index is -0.955. The van der Waals surface area contributed by atoms with Crippen LogP contribution in [0.4, 0.5) is 8.78 Å². The number of hydrogen-bond donors (Lipinski definition) is 2. The average molecular weight is 378 g/mol. The maximum Gasteiger partial charge on any atom is 0.254 e. The number of benzene rings is 2. The Hall–Kier alpha value is -3.16. The zero-order chi connectivity index (χ0) is 19.8. The van der Waals surface area contributed by atoms with Crippen LogP contribution in [0.1, 0.15) is 22.3 Å². The third-order valence-corrected chi connectivity index (χ3v) is 3.71. The Labute approximate surface area is 155 Å². The van der Waals surface area contributed by atoms with Gasteiger partial charge in [-0.05, 0) is 29.8 Å². The molecule has 0 aliphatic carbocycles. The van der Waals surface area contributed by atoms with Crippen LogP contribution in [0.5, 0.6) is 11.5 Å². The molecule has 0 aliphatic rings. The van der Waals surface area contributed by atoms with Crippen molar-refractivity contribution in [1.29, 1.82) is 0 Å². The lowest BCUT2D eigenvalue weighted by atomic mass is 10.2. The number of ether oxygens (including phenoxy) is 2. The van der Waals surface area contributed by atoms with E-state index in [4.69, 9.17) is 9.47 Å². The minimum absolute atomic E-state index is 0.00958. The first kappa shape index (κ1) is 20.2. The molecule has 0 heterocycles. The fourth-order valence-electron chi connectivity index (χ4n) is 2.32. The second-order valence-electron chi connectivity index (χ2n) is 5.63. The van der Waals surface area contributed by atoms with Crippen molar-refractivity contribution in [2.75, 3.05) is 20.8 Å². The van der Waals surface area contributed by atoms with E-state index in [0.29, 0.717) is 17.6 Å². The van der Waals surface area contributed by atoms with Gasteiger partial charge in [-0.15, -0.1) is 0 Å². The van der Waals surface area contributed by atoms with Crippen LogP contribution in [0, 0.1) is 11.6 Å². The Balaban J connectivity index is 1.80. The molecule has 0 saturated heterocycles. The molecule has 0 atom stereocenters. The quantitative estimate of drug-likeness (QED) is 0.740. The maximum absolute atomic E-state index is 13.5. The minimum Gasteiger partial charge on any atom is -0.497 e. The van der Waals surface area contributed by atoms with Crippen LogP contribution >= 0.6 is 0 Å². The summed E-state index contributed by atoms with van der Waals surface area (Å²) in [5.74, 6) is -1.52. The van der Waals surface area contributed by atoms with Gasteiger partial charge in [-0.2, -0.15) is 0 Å². The Morgan fingerprint density at radius 3 is 2.22 bits per heavy atom. The molecule has 144 valence electrons. The molecule has 0 fully saturated rings. The van der Waals surface area contributed by atoms with E-state index in [1.54, 1.807) is 18.2 Å². The summed E-state index contributed by atoms with van der Waals surface area (Å²) < 4.78 is 36.7. The Kier molecular flexibility index (Phi) is 7.10. The van der Waals surface area contributed by atoms with Gasteiger partial charge in [-0.1, -0.05) is 0 Å². The summed E-state index contributed by atoms with van der Waals surface area (Å²) in [5, 5.41) is 5.13. The predicted octanol–water partition coefficient (Wildman–Crippen LogP) is 2.42. The fourth-order valence-corrected chi connectivity index (χ4v) is 2.32. The number of carbonyl (C=O) groups excluding carboxylic acids is 2. The summed E-state index contributed by atoms with van der Waals surface area (Å²) in [6.07, 6.45) is 0.00958. The lowest BCUT2D eigenvalue weighted by molar-refractivity contribution is -0.121. The van der Waals surface area contributed by atoms with Gasteiger partial charge in [-0.3, -0.25) is 9.59 Å². The second-order valence-corrected chi connectivity index (χ2v) is 5.63. The van der Waals surface area contributed by atoms with Crippen molar-refractivity contribution < 1.29 is 27.8 Å². The summed E-state index contributed by atoms with van der Waals surface area (Å²) >= 11 is 0. The molecule has 6 nitrogen and oxygen atoms in total. The number of hydrogen-bond acceptors (Lipinski definition) is 4. The molecule has 0 bridgehead atoms. The normalized spacial score (nSPS) is 10.2. The molecule has 0 radical (unpaired) electrons. The number of carbonyl (C=O) groups is 2. The number of nitrogens with one attached hydrogen (secondary N) is 2. The lowest BCUT2D eigenvalue weighted by Gasteiger charge is -2.10. The third kappa shape index (κ3) is 5.95. The van der Waals surface area contributed by atoms with Crippen molar-refractivity contribution in [2.24, 2.45) is 0 Å². The van der Waals surface area contributed by atoms with Crippen molar-refractivity contribution in [3.8, 4) is 11.5 Å². The van der Waals surface area contributed by atoms with Crippen molar-refractivity contribution >= 4 is 11.8 Å². The summed E-state index contributed by atoms with van der Waals surface area (Å²) in [5.41, 5.74) is 0.511. The highest BCUT2D eigenvalue weighted by Gasteiger charge is 2.12. The van der Waals surface area contributed by atoms with Crippen molar-refractivity contribution in [1.82, 2.24) is 10.6 Å². The topological polar surface area (TPSA) is 76.7 Å². The van der Waals surface area contributed by atoms with E-state index >= 15 is 0 Å². The van der Waals surface area contributed by atoms with Crippen LogP contribution in [0.15, 0.2) is 36.4 Å². The molecular weight excluding hydrogens is 358 g/mol. The zero-order valence-electron chi connectivity index (χ0n) is 15.0.